The predicted octanol–water partition coefficient (Wildman–Crippen LogP) is 2.75. The molecule has 7 nitrogen and oxygen atoms in total. The van der Waals surface area contributed by atoms with Crippen LogP contribution in [0.4, 0.5) is 17.6 Å². The van der Waals surface area contributed by atoms with E-state index in [9.17, 15) is 22.4 Å². The van der Waals surface area contributed by atoms with Gasteiger partial charge in [-0.15, -0.1) is 0 Å². The molecule has 0 atom stereocenters. The first-order valence-electron chi connectivity index (χ1n) is 7.66. The minimum Gasteiger partial charge on any atom is -0.345 e. The molecule has 138 valence electrons. The van der Waals surface area contributed by atoms with E-state index < -0.39 is 30.1 Å². The first kappa shape index (κ1) is 17.8. The van der Waals surface area contributed by atoms with Crippen molar-refractivity contribution in [3.8, 4) is 0 Å². The van der Waals surface area contributed by atoms with Crippen LogP contribution in [0.25, 0.3) is 5.65 Å². The van der Waals surface area contributed by atoms with Gasteiger partial charge in [0, 0.05) is 18.8 Å². The monoisotopic (exact) mass is 370 g/mol. The molecular formula is C15H14F4N6O. The Balaban J connectivity index is 1.88. The van der Waals surface area contributed by atoms with Gasteiger partial charge in [0.25, 0.3) is 18.8 Å². The summed E-state index contributed by atoms with van der Waals surface area (Å²) in [6.45, 7) is 2.65. The number of rotatable bonds is 6. The van der Waals surface area contributed by atoms with Gasteiger partial charge < -0.3 is 5.32 Å². The number of aromatic nitrogens is 5. The van der Waals surface area contributed by atoms with Crippen molar-refractivity contribution in [1.82, 2.24) is 29.7 Å². The minimum atomic E-state index is -3.05. The van der Waals surface area contributed by atoms with Gasteiger partial charge in [0.15, 0.2) is 11.3 Å². The molecule has 0 unspecified atom stereocenters. The van der Waals surface area contributed by atoms with Crippen LogP contribution in [0.2, 0.25) is 0 Å². The zero-order valence-corrected chi connectivity index (χ0v) is 13.5. The van der Waals surface area contributed by atoms with Crippen LogP contribution in [0.3, 0.4) is 0 Å². The van der Waals surface area contributed by atoms with Crippen molar-refractivity contribution in [2.45, 2.75) is 32.9 Å². The van der Waals surface area contributed by atoms with E-state index in [1.165, 1.54) is 0 Å². The van der Waals surface area contributed by atoms with E-state index in [-0.39, 0.29) is 17.9 Å². The summed E-state index contributed by atoms with van der Waals surface area (Å²) >= 11 is 0. The molecule has 0 bridgehead atoms. The van der Waals surface area contributed by atoms with Crippen molar-refractivity contribution in [3.05, 3.63) is 47.2 Å². The third kappa shape index (κ3) is 3.37. The Morgan fingerprint density at radius 2 is 2.00 bits per heavy atom. The number of hydrogen-bond donors (Lipinski definition) is 1. The molecule has 0 spiro atoms. The molecule has 3 rings (SSSR count). The fraction of sp³-hybridized carbons (Fsp3) is 0.333. The number of nitrogens with one attached hydrogen (secondary N) is 1. The summed E-state index contributed by atoms with van der Waals surface area (Å²) in [5, 5.41) is 10.4. The maximum atomic E-state index is 13.1. The molecule has 0 radical (unpaired) electrons. The molecule has 0 saturated heterocycles. The van der Waals surface area contributed by atoms with Crippen LogP contribution in [0.1, 0.15) is 47.3 Å². The van der Waals surface area contributed by atoms with E-state index in [0.717, 1.165) is 11.8 Å². The van der Waals surface area contributed by atoms with E-state index in [1.807, 2.05) is 6.92 Å². The van der Waals surface area contributed by atoms with Crippen LogP contribution in [0.15, 0.2) is 24.4 Å². The number of carbonyl (C=O) groups excluding carboxylic acids is 1. The molecule has 1 amide bonds. The maximum Gasteiger partial charge on any atom is 0.280 e. The fourth-order valence-electron chi connectivity index (χ4n) is 2.45. The predicted molar refractivity (Wildman–Crippen MR) is 82.0 cm³/mol. The highest BCUT2D eigenvalue weighted by molar-refractivity contribution is 5.93. The number of carbonyl (C=O) groups is 1. The lowest BCUT2D eigenvalue weighted by atomic mass is 10.3. The number of alkyl halides is 4. The molecule has 3 heterocycles. The molecule has 3 aromatic rings. The highest BCUT2D eigenvalue weighted by Gasteiger charge is 2.22. The SMILES string of the molecule is CCn1nccc1CNC(=O)c1cc2nc(C(F)F)cc(C(F)F)n2n1. The lowest BCUT2D eigenvalue weighted by molar-refractivity contribution is 0.0943. The Hall–Kier alpha value is -2.98. The Labute approximate surface area is 144 Å². The van der Waals surface area contributed by atoms with Gasteiger partial charge in [-0.25, -0.2) is 27.1 Å². The van der Waals surface area contributed by atoms with Crippen LogP contribution >= 0.6 is 0 Å². The standard InChI is InChI=1S/C15H14F4N6O/c1-2-24-8(3-4-21-24)7-20-15(26)10-6-12-22-9(13(16)17)5-11(14(18)19)25(12)23-10/h3-6,13-14H,2,7H2,1H3,(H,20,26). The molecular weight excluding hydrogens is 356 g/mol. The number of aryl methyl sites for hydroxylation is 1. The van der Waals surface area contributed by atoms with E-state index in [2.05, 4.69) is 20.5 Å². The molecule has 0 aliphatic carbocycles. The number of halogens is 4. The van der Waals surface area contributed by atoms with Crippen molar-refractivity contribution in [2.24, 2.45) is 0 Å². The lowest BCUT2D eigenvalue weighted by Crippen LogP contribution is -2.24. The quantitative estimate of drug-likeness (QED) is 0.677. The number of hydrogen-bond acceptors (Lipinski definition) is 4. The summed E-state index contributed by atoms with van der Waals surface area (Å²) in [7, 11) is 0. The summed E-state index contributed by atoms with van der Waals surface area (Å²) < 4.78 is 54.3. The van der Waals surface area contributed by atoms with Crippen LogP contribution in [-0.2, 0) is 13.1 Å². The summed E-state index contributed by atoms with van der Waals surface area (Å²) in [6, 6.07) is 3.39. The minimum absolute atomic E-state index is 0.151. The average molecular weight is 370 g/mol. The highest BCUT2D eigenvalue weighted by atomic mass is 19.3. The zero-order chi connectivity index (χ0) is 18.8. The Morgan fingerprint density at radius 1 is 1.23 bits per heavy atom. The topological polar surface area (TPSA) is 77.1 Å². The van der Waals surface area contributed by atoms with Crippen molar-refractivity contribution in [1.29, 1.82) is 0 Å². The molecule has 0 aliphatic heterocycles. The summed E-state index contributed by atoms with van der Waals surface area (Å²) in [5.74, 6) is -0.641. The molecule has 0 aromatic carbocycles. The van der Waals surface area contributed by atoms with E-state index in [4.69, 9.17) is 0 Å². The molecule has 26 heavy (non-hydrogen) atoms. The summed E-state index contributed by atoms with van der Waals surface area (Å²) in [4.78, 5) is 15.8. The molecule has 1 N–H and O–H groups in total. The Morgan fingerprint density at radius 3 is 2.65 bits per heavy atom. The molecule has 3 aromatic heterocycles. The van der Waals surface area contributed by atoms with Gasteiger partial charge in [0.1, 0.15) is 11.4 Å². The second-order valence-electron chi connectivity index (χ2n) is 5.33. The average Bonchev–Trinajstić information content (AvgIpc) is 3.24. The van der Waals surface area contributed by atoms with Crippen molar-refractivity contribution >= 4 is 11.6 Å². The summed E-state index contributed by atoms with van der Waals surface area (Å²) in [5.41, 5.74) is -1.26. The van der Waals surface area contributed by atoms with Crippen molar-refractivity contribution in [2.75, 3.05) is 0 Å². The van der Waals surface area contributed by atoms with Gasteiger partial charge in [0.2, 0.25) is 0 Å². The van der Waals surface area contributed by atoms with E-state index in [1.54, 1.807) is 16.9 Å². The van der Waals surface area contributed by atoms with Crippen molar-refractivity contribution in [3.63, 3.8) is 0 Å². The molecule has 0 saturated carbocycles. The van der Waals surface area contributed by atoms with Gasteiger partial charge in [0.05, 0.1) is 12.2 Å². The van der Waals surface area contributed by atoms with Crippen molar-refractivity contribution < 1.29 is 22.4 Å². The Bertz CT molecular complexity index is 936. The largest absolute Gasteiger partial charge is 0.345 e. The van der Waals surface area contributed by atoms with Crippen LogP contribution in [0, 0.1) is 0 Å². The number of amides is 1. The Kier molecular flexibility index (Phi) is 4.87. The zero-order valence-electron chi connectivity index (χ0n) is 13.5. The van der Waals surface area contributed by atoms with Gasteiger partial charge in [-0.2, -0.15) is 10.2 Å². The van der Waals surface area contributed by atoms with Crippen LogP contribution < -0.4 is 5.32 Å². The van der Waals surface area contributed by atoms with E-state index >= 15 is 0 Å². The van der Waals surface area contributed by atoms with Crippen LogP contribution in [-0.4, -0.2) is 30.3 Å². The first-order chi connectivity index (χ1) is 12.4. The third-order valence-electron chi connectivity index (χ3n) is 3.69. The lowest BCUT2D eigenvalue weighted by Gasteiger charge is -2.06. The van der Waals surface area contributed by atoms with Gasteiger partial charge in [-0.05, 0) is 19.1 Å². The van der Waals surface area contributed by atoms with Gasteiger partial charge in [-0.1, -0.05) is 0 Å². The smallest absolute Gasteiger partial charge is 0.280 e. The molecule has 0 aliphatic rings. The highest BCUT2D eigenvalue weighted by Crippen LogP contribution is 2.25. The van der Waals surface area contributed by atoms with Gasteiger partial charge >= 0.3 is 0 Å². The second kappa shape index (κ2) is 7.10. The number of nitrogens with zero attached hydrogens (tertiary/aromatic N) is 5. The van der Waals surface area contributed by atoms with Gasteiger partial charge in [-0.3, -0.25) is 9.48 Å². The number of fused-ring (bicyclic) bond motifs is 1. The molecule has 0 fully saturated rings. The van der Waals surface area contributed by atoms with Crippen LogP contribution in [0.5, 0.6) is 0 Å². The fourth-order valence-corrected chi connectivity index (χ4v) is 2.45. The normalized spacial score (nSPS) is 11.7. The van der Waals surface area contributed by atoms with E-state index in [0.29, 0.717) is 17.1 Å². The second-order valence-corrected chi connectivity index (χ2v) is 5.33. The molecule has 11 heteroatoms. The summed E-state index contributed by atoms with van der Waals surface area (Å²) in [6.07, 6.45) is -4.48. The first-order valence-corrected chi connectivity index (χ1v) is 7.66. The third-order valence-corrected chi connectivity index (χ3v) is 3.69. The maximum absolute atomic E-state index is 13.1.